The number of hydrogen-bond donors (Lipinski definition) is 1. The third-order valence-electron chi connectivity index (χ3n) is 4.16. The van der Waals surface area contributed by atoms with E-state index in [1.54, 1.807) is 31.2 Å². The summed E-state index contributed by atoms with van der Waals surface area (Å²) in [5.41, 5.74) is 2.79. The number of ether oxygens (including phenoxy) is 2. The van der Waals surface area contributed by atoms with Crippen molar-refractivity contribution in [3.8, 4) is 17.1 Å². The first-order valence-corrected chi connectivity index (χ1v) is 9.03. The van der Waals surface area contributed by atoms with Crippen molar-refractivity contribution in [2.24, 2.45) is 0 Å². The highest BCUT2D eigenvalue weighted by atomic mass is 16.7. The number of fused-ring (bicyclic) bond motifs is 1. The summed E-state index contributed by atoms with van der Waals surface area (Å²) in [6, 6.07) is 14.6. The van der Waals surface area contributed by atoms with Gasteiger partial charge in [-0.3, -0.25) is 4.79 Å². The molecule has 0 aliphatic heterocycles. The van der Waals surface area contributed by atoms with Crippen LogP contribution in [0.25, 0.3) is 22.3 Å². The van der Waals surface area contributed by atoms with Gasteiger partial charge in [0.25, 0.3) is 6.47 Å². The molecule has 0 amide bonds. The molecule has 29 heavy (non-hydrogen) atoms. The van der Waals surface area contributed by atoms with Crippen LogP contribution in [0.15, 0.2) is 69.7 Å². The van der Waals surface area contributed by atoms with Crippen LogP contribution < -0.4 is 4.74 Å². The van der Waals surface area contributed by atoms with E-state index in [9.17, 15) is 9.59 Å². The molecule has 0 bridgehead atoms. The van der Waals surface area contributed by atoms with E-state index in [0.29, 0.717) is 35.7 Å². The number of carbonyl (C=O) groups is 2. The lowest BCUT2D eigenvalue weighted by Gasteiger charge is -2.04. The van der Waals surface area contributed by atoms with Crippen molar-refractivity contribution in [1.82, 2.24) is 5.33 Å². The van der Waals surface area contributed by atoms with E-state index in [1.165, 1.54) is 0 Å². The van der Waals surface area contributed by atoms with Gasteiger partial charge in [-0.05, 0) is 61.7 Å². The second kappa shape index (κ2) is 9.45. The average Bonchev–Trinajstić information content (AvgIpc) is 2.93. The van der Waals surface area contributed by atoms with Gasteiger partial charge in [-0.15, -0.1) is 0 Å². The molecule has 0 aliphatic carbocycles. The van der Waals surface area contributed by atoms with Crippen LogP contribution in [0.3, 0.4) is 0 Å². The van der Waals surface area contributed by atoms with E-state index in [-0.39, 0.29) is 0 Å². The van der Waals surface area contributed by atoms with Gasteiger partial charge < -0.3 is 18.5 Å². The first kappa shape index (κ1) is 20.0. The Hall–Kier alpha value is -3.74. The van der Waals surface area contributed by atoms with E-state index >= 15 is 0 Å². The number of benzene rings is 2. The Bertz CT molecular complexity index is 1050. The Morgan fingerprint density at radius 2 is 1.93 bits per heavy atom. The van der Waals surface area contributed by atoms with Gasteiger partial charge in [0.15, 0.2) is 11.3 Å². The SMILES string of the molecule is C=C(C)C(=O)Oc1ccc(-c2cc3ccc(CCCOC=O)cc3o[nH]o2)cc1. The van der Waals surface area contributed by atoms with Crippen molar-refractivity contribution in [3.63, 3.8) is 0 Å². The molecule has 0 spiro atoms. The fraction of sp³-hybridized carbons (Fsp3) is 0.182. The van der Waals surface area contributed by atoms with Crippen LogP contribution in [0, 0.1) is 0 Å². The first-order chi connectivity index (χ1) is 14.1. The molecule has 150 valence electrons. The molecule has 0 unspecified atom stereocenters. The third-order valence-corrected chi connectivity index (χ3v) is 4.16. The molecule has 2 aromatic carbocycles. The van der Waals surface area contributed by atoms with E-state index in [0.717, 1.165) is 29.4 Å². The lowest BCUT2D eigenvalue weighted by molar-refractivity contribution is -0.130. The monoisotopic (exact) mass is 395 g/mol. The lowest BCUT2D eigenvalue weighted by Crippen LogP contribution is -2.07. The minimum absolute atomic E-state index is 0.331. The number of aromatic amines is 1. The minimum Gasteiger partial charge on any atom is -0.468 e. The summed E-state index contributed by atoms with van der Waals surface area (Å²) >= 11 is 0. The molecule has 3 aromatic rings. The normalized spacial score (nSPS) is 10.4. The molecular formula is C22H21NO6. The highest BCUT2D eigenvalue weighted by Crippen LogP contribution is 2.25. The molecule has 0 saturated heterocycles. The minimum atomic E-state index is -0.472. The van der Waals surface area contributed by atoms with Crippen LogP contribution in [-0.4, -0.2) is 24.4 Å². The average molecular weight is 395 g/mol. The fourth-order valence-corrected chi connectivity index (χ4v) is 2.65. The lowest BCUT2D eigenvalue weighted by atomic mass is 10.1. The number of aryl methyl sites for hydroxylation is 1. The maximum atomic E-state index is 11.6. The Morgan fingerprint density at radius 1 is 1.14 bits per heavy atom. The Balaban J connectivity index is 1.80. The summed E-state index contributed by atoms with van der Waals surface area (Å²) in [5, 5.41) is 3.32. The van der Waals surface area contributed by atoms with Gasteiger partial charge in [0, 0.05) is 16.5 Å². The van der Waals surface area contributed by atoms with E-state index < -0.39 is 5.97 Å². The molecule has 1 heterocycles. The van der Waals surface area contributed by atoms with Crippen molar-refractivity contribution >= 4 is 23.4 Å². The Morgan fingerprint density at radius 3 is 2.66 bits per heavy atom. The standard InChI is InChI=1S/C22H21NO6/c1-15(2)22(25)27-19-9-7-17(8-10-19)21-13-18-6-5-16(4-3-11-26-14-24)12-20(18)28-23-29-21/h5-10,12-14,23H,1,3-4,11H2,2H3. The maximum absolute atomic E-state index is 11.6. The summed E-state index contributed by atoms with van der Waals surface area (Å²) in [6.45, 7) is 5.98. The molecule has 0 radical (unpaired) electrons. The highest BCUT2D eigenvalue weighted by Gasteiger charge is 2.08. The van der Waals surface area contributed by atoms with E-state index in [2.05, 4.69) is 11.9 Å². The second-order valence-electron chi connectivity index (χ2n) is 6.43. The van der Waals surface area contributed by atoms with Crippen molar-refractivity contribution < 1.29 is 28.1 Å². The Kier molecular flexibility index (Phi) is 6.52. The van der Waals surface area contributed by atoms with Gasteiger partial charge in [-0.25, -0.2) is 4.79 Å². The smallest absolute Gasteiger partial charge is 0.338 e. The van der Waals surface area contributed by atoms with Crippen molar-refractivity contribution in [2.75, 3.05) is 6.61 Å². The van der Waals surface area contributed by atoms with Gasteiger partial charge in [-0.2, -0.15) is 0 Å². The molecule has 0 saturated carbocycles. The van der Waals surface area contributed by atoms with Crippen molar-refractivity contribution in [3.05, 3.63) is 66.2 Å². The summed E-state index contributed by atoms with van der Waals surface area (Å²) in [5.74, 6) is 0.498. The topological polar surface area (TPSA) is 94.7 Å². The molecular weight excluding hydrogens is 374 g/mol. The van der Waals surface area contributed by atoms with Gasteiger partial charge in [0.2, 0.25) is 0 Å². The van der Waals surface area contributed by atoms with Gasteiger partial charge in [0.05, 0.1) is 6.61 Å². The van der Waals surface area contributed by atoms with Crippen molar-refractivity contribution in [1.29, 1.82) is 0 Å². The van der Waals surface area contributed by atoms with E-state index in [1.807, 2.05) is 24.3 Å². The number of H-pyrrole nitrogens is 1. The quantitative estimate of drug-likeness (QED) is 0.195. The first-order valence-electron chi connectivity index (χ1n) is 9.03. The zero-order valence-electron chi connectivity index (χ0n) is 16.0. The third kappa shape index (κ3) is 5.38. The van der Waals surface area contributed by atoms with Gasteiger partial charge in [-0.1, -0.05) is 24.0 Å². The number of nitrogens with one attached hydrogen (secondary N) is 1. The van der Waals surface area contributed by atoms with Crippen LogP contribution in [0.4, 0.5) is 0 Å². The van der Waals surface area contributed by atoms with Crippen LogP contribution in [0.5, 0.6) is 5.75 Å². The zero-order valence-corrected chi connectivity index (χ0v) is 16.0. The molecule has 0 aliphatic rings. The molecule has 7 nitrogen and oxygen atoms in total. The second-order valence-corrected chi connectivity index (χ2v) is 6.43. The summed E-state index contributed by atoms with van der Waals surface area (Å²) in [6.07, 6.45) is 1.48. The maximum Gasteiger partial charge on any atom is 0.338 e. The summed E-state index contributed by atoms with van der Waals surface area (Å²) in [7, 11) is 0. The molecule has 3 rings (SSSR count). The molecule has 1 aromatic heterocycles. The summed E-state index contributed by atoms with van der Waals surface area (Å²) in [4.78, 5) is 21.8. The fourth-order valence-electron chi connectivity index (χ4n) is 2.65. The van der Waals surface area contributed by atoms with Crippen LogP contribution in [-0.2, 0) is 20.7 Å². The summed E-state index contributed by atoms with van der Waals surface area (Å²) < 4.78 is 20.9. The zero-order chi connectivity index (χ0) is 20.6. The number of hydrogen-bond acceptors (Lipinski definition) is 6. The predicted molar refractivity (Wildman–Crippen MR) is 107 cm³/mol. The molecule has 1 N–H and O–H groups in total. The number of carbonyl (C=O) groups excluding carboxylic acids is 2. The number of esters is 1. The van der Waals surface area contributed by atoms with Crippen LogP contribution in [0.1, 0.15) is 18.9 Å². The van der Waals surface area contributed by atoms with E-state index in [4.69, 9.17) is 18.5 Å². The molecule has 0 atom stereocenters. The van der Waals surface area contributed by atoms with Gasteiger partial charge in [0.1, 0.15) is 5.75 Å². The van der Waals surface area contributed by atoms with Crippen molar-refractivity contribution in [2.45, 2.75) is 19.8 Å². The molecule has 0 fully saturated rings. The van der Waals surface area contributed by atoms with Gasteiger partial charge >= 0.3 is 5.97 Å². The largest absolute Gasteiger partial charge is 0.468 e. The van der Waals surface area contributed by atoms with Crippen LogP contribution >= 0.6 is 0 Å². The van der Waals surface area contributed by atoms with Crippen LogP contribution in [0.2, 0.25) is 0 Å². The Labute approximate surface area is 167 Å². The predicted octanol–water partition coefficient (Wildman–Crippen LogP) is 4.73. The number of rotatable bonds is 8. The molecule has 7 heteroatoms. The highest BCUT2D eigenvalue weighted by molar-refractivity contribution is 5.88. The number of aromatic nitrogens is 1.